The number of aliphatic imine (C=N–C) groups is 1. The highest BCUT2D eigenvalue weighted by Crippen LogP contribution is 2.18. The number of rotatable bonds is 5. The van der Waals surface area contributed by atoms with Gasteiger partial charge in [0, 0.05) is 38.9 Å². The number of anilines is 1. The van der Waals surface area contributed by atoms with Crippen molar-refractivity contribution in [3.63, 3.8) is 0 Å². The van der Waals surface area contributed by atoms with Gasteiger partial charge < -0.3 is 15.5 Å². The summed E-state index contributed by atoms with van der Waals surface area (Å²) in [5.41, 5.74) is 1.52. The van der Waals surface area contributed by atoms with Crippen molar-refractivity contribution >= 4 is 11.8 Å². The van der Waals surface area contributed by atoms with Crippen LogP contribution >= 0.6 is 0 Å². The third-order valence-electron chi connectivity index (χ3n) is 4.97. The van der Waals surface area contributed by atoms with Gasteiger partial charge in [-0.25, -0.2) is 13.8 Å². The standard InChI is InChI=1S/C21H27F2N5/c1-15-3-6-20(26-14-15)28-11-8-18(9-12-28)27-21(24-2)25-10-7-16-13-17(22)4-5-19(16)23/h3-6,13-14,18H,7-12H2,1-2H3,(H2,24,25,27). The van der Waals surface area contributed by atoms with Gasteiger partial charge in [-0.2, -0.15) is 0 Å². The number of halogens is 2. The number of benzene rings is 1. The van der Waals surface area contributed by atoms with Gasteiger partial charge in [-0.1, -0.05) is 6.07 Å². The first-order valence-corrected chi connectivity index (χ1v) is 9.64. The maximum Gasteiger partial charge on any atom is 0.191 e. The number of piperidine rings is 1. The Bertz CT molecular complexity index is 799. The fourth-order valence-electron chi connectivity index (χ4n) is 3.34. The Morgan fingerprint density at radius 1 is 1.21 bits per heavy atom. The van der Waals surface area contributed by atoms with Crippen LogP contribution in [0.1, 0.15) is 24.0 Å². The van der Waals surface area contributed by atoms with E-state index in [0.29, 0.717) is 30.5 Å². The van der Waals surface area contributed by atoms with Gasteiger partial charge in [-0.3, -0.25) is 4.99 Å². The molecule has 1 saturated heterocycles. The van der Waals surface area contributed by atoms with E-state index in [1.165, 1.54) is 6.07 Å². The summed E-state index contributed by atoms with van der Waals surface area (Å²) in [6.07, 6.45) is 4.25. The van der Waals surface area contributed by atoms with Crippen molar-refractivity contribution in [1.29, 1.82) is 0 Å². The van der Waals surface area contributed by atoms with E-state index in [0.717, 1.165) is 49.4 Å². The van der Waals surface area contributed by atoms with Crippen molar-refractivity contribution in [1.82, 2.24) is 15.6 Å². The molecule has 28 heavy (non-hydrogen) atoms. The molecule has 1 aromatic carbocycles. The fraction of sp³-hybridized carbons (Fsp3) is 0.429. The van der Waals surface area contributed by atoms with Gasteiger partial charge in [-0.05, 0) is 61.6 Å². The van der Waals surface area contributed by atoms with Crippen LogP contribution in [0.5, 0.6) is 0 Å². The van der Waals surface area contributed by atoms with Crippen LogP contribution in [-0.2, 0) is 6.42 Å². The Morgan fingerprint density at radius 3 is 2.68 bits per heavy atom. The van der Waals surface area contributed by atoms with Crippen LogP contribution in [-0.4, -0.2) is 43.7 Å². The van der Waals surface area contributed by atoms with Crippen molar-refractivity contribution in [3.05, 3.63) is 59.3 Å². The van der Waals surface area contributed by atoms with Crippen molar-refractivity contribution < 1.29 is 8.78 Å². The molecule has 0 amide bonds. The molecule has 1 aliphatic heterocycles. The van der Waals surface area contributed by atoms with E-state index >= 15 is 0 Å². The molecule has 2 heterocycles. The Hall–Kier alpha value is -2.70. The first kappa shape index (κ1) is 20.0. The van der Waals surface area contributed by atoms with Crippen molar-refractivity contribution in [3.8, 4) is 0 Å². The highest BCUT2D eigenvalue weighted by Gasteiger charge is 2.20. The van der Waals surface area contributed by atoms with Crippen LogP contribution < -0.4 is 15.5 Å². The van der Waals surface area contributed by atoms with E-state index in [9.17, 15) is 8.78 Å². The molecule has 3 rings (SSSR count). The van der Waals surface area contributed by atoms with Crippen LogP contribution in [0, 0.1) is 18.6 Å². The molecule has 7 heteroatoms. The summed E-state index contributed by atoms with van der Waals surface area (Å²) in [6, 6.07) is 8.00. The number of guanidine groups is 1. The molecule has 0 atom stereocenters. The second-order valence-electron chi connectivity index (χ2n) is 7.08. The van der Waals surface area contributed by atoms with E-state index in [-0.39, 0.29) is 5.82 Å². The minimum atomic E-state index is -0.422. The smallest absolute Gasteiger partial charge is 0.191 e. The maximum atomic E-state index is 13.7. The molecule has 2 N–H and O–H groups in total. The van der Waals surface area contributed by atoms with Gasteiger partial charge in [-0.15, -0.1) is 0 Å². The van der Waals surface area contributed by atoms with Crippen LogP contribution in [0.4, 0.5) is 14.6 Å². The Morgan fingerprint density at radius 2 is 2.00 bits per heavy atom. The quantitative estimate of drug-likeness (QED) is 0.612. The summed E-state index contributed by atoms with van der Waals surface area (Å²) >= 11 is 0. The molecule has 1 aromatic heterocycles. The van der Waals surface area contributed by atoms with E-state index in [1.54, 1.807) is 7.05 Å². The third kappa shape index (κ3) is 5.41. The molecule has 2 aromatic rings. The van der Waals surface area contributed by atoms with Gasteiger partial charge in [0.05, 0.1) is 0 Å². The predicted octanol–water partition coefficient (Wildman–Crippen LogP) is 3.04. The highest BCUT2D eigenvalue weighted by atomic mass is 19.1. The molecule has 150 valence electrons. The molecular formula is C21H27F2N5. The molecule has 0 bridgehead atoms. The number of nitrogens with zero attached hydrogens (tertiary/aromatic N) is 3. The fourth-order valence-corrected chi connectivity index (χ4v) is 3.34. The minimum absolute atomic E-state index is 0.318. The lowest BCUT2D eigenvalue weighted by Crippen LogP contribution is -2.49. The van der Waals surface area contributed by atoms with Gasteiger partial charge in [0.2, 0.25) is 0 Å². The van der Waals surface area contributed by atoms with Crippen LogP contribution in [0.25, 0.3) is 0 Å². The van der Waals surface area contributed by atoms with E-state index in [2.05, 4.69) is 37.6 Å². The molecule has 1 aliphatic rings. The second-order valence-corrected chi connectivity index (χ2v) is 7.08. The van der Waals surface area contributed by atoms with Gasteiger partial charge in [0.15, 0.2) is 5.96 Å². The normalized spacial score (nSPS) is 15.6. The monoisotopic (exact) mass is 387 g/mol. The number of hydrogen-bond acceptors (Lipinski definition) is 3. The van der Waals surface area contributed by atoms with Crippen molar-refractivity contribution in [2.75, 3.05) is 31.6 Å². The first-order valence-electron chi connectivity index (χ1n) is 9.64. The van der Waals surface area contributed by atoms with Crippen LogP contribution in [0.3, 0.4) is 0 Å². The van der Waals surface area contributed by atoms with Crippen molar-refractivity contribution in [2.24, 2.45) is 4.99 Å². The molecule has 0 aliphatic carbocycles. The lowest BCUT2D eigenvalue weighted by Gasteiger charge is -2.33. The highest BCUT2D eigenvalue weighted by molar-refractivity contribution is 5.80. The summed E-state index contributed by atoms with van der Waals surface area (Å²) in [7, 11) is 1.71. The molecule has 0 saturated carbocycles. The van der Waals surface area contributed by atoms with E-state index in [4.69, 9.17) is 0 Å². The molecule has 0 unspecified atom stereocenters. The summed E-state index contributed by atoms with van der Waals surface area (Å²) in [5, 5.41) is 6.61. The average Bonchev–Trinajstić information content (AvgIpc) is 2.71. The summed E-state index contributed by atoms with van der Waals surface area (Å²) in [6.45, 7) is 4.37. The maximum absolute atomic E-state index is 13.7. The average molecular weight is 387 g/mol. The molecule has 5 nitrogen and oxygen atoms in total. The number of aryl methyl sites for hydroxylation is 1. The first-order chi connectivity index (χ1) is 13.5. The van der Waals surface area contributed by atoms with E-state index < -0.39 is 5.82 Å². The number of nitrogens with one attached hydrogen (secondary N) is 2. The summed E-state index contributed by atoms with van der Waals surface area (Å²) < 4.78 is 26.9. The molecule has 0 radical (unpaired) electrons. The SMILES string of the molecule is CN=C(NCCc1cc(F)ccc1F)NC1CCN(c2ccc(C)cn2)CC1. The second kappa shape index (κ2) is 9.48. The zero-order chi connectivity index (χ0) is 19.9. The Balaban J connectivity index is 1.44. The lowest BCUT2D eigenvalue weighted by molar-refractivity contribution is 0.459. The molecular weight excluding hydrogens is 360 g/mol. The van der Waals surface area contributed by atoms with Crippen molar-refractivity contribution in [2.45, 2.75) is 32.2 Å². The predicted molar refractivity (Wildman–Crippen MR) is 109 cm³/mol. The summed E-state index contributed by atoms with van der Waals surface area (Å²) in [4.78, 5) is 11.0. The number of pyridine rings is 1. The topological polar surface area (TPSA) is 52.6 Å². The molecule has 1 fully saturated rings. The Labute approximate surface area is 164 Å². The van der Waals surface area contributed by atoms with Gasteiger partial charge >= 0.3 is 0 Å². The van der Waals surface area contributed by atoms with Crippen LogP contribution in [0.2, 0.25) is 0 Å². The number of aromatic nitrogens is 1. The zero-order valence-electron chi connectivity index (χ0n) is 16.4. The van der Waals surface area contributed by atoms with Gasteiger partial charge in [0.25, 0.3) is 0 Å². The number of hydrogen-bond donors (Lipinski definition) is 2. The Kier molecular flexibility index (Phi) is 6.79. The third-order valence-corrected chi connectivity index (χ3v) is 4.97. The van der Waals surface area contributed by atoms with E-state index in [1.807, 2.05) is 13.1 Å². The minimum Gasteiger partial charge on any atom is -0.356 e. The summed E-state index contributed by atoms with van der Waals surface area (Å²) in [5.74, 6) is 0.893. The van der Waals surface area contributed by atoms with Crippen LogP contribution in [0.15, 0.2) is 41.5 Å². The lowest BCUT2D eigenvalue weighted by atomic mass is 10.1. The van der Waals surface area contributed by atoms with Gasteiger partial charge in [0.1, 0.15) is 17.5 Å². The molecule has 0 spiro atoms. The zero-order valence-corrected chi connectivity index (χ0v) is 16.4. The largest absolute Gasteiger partial charge is 0.356 e.